The number of nitrogens with one attached hydrogen (secondary N) is 1. The molecule has 1 aliphatic heterocycles. The highest BCUT2D eigenvalue weighted by molar-refractivity contribution is 8.00. The fourth-order valence-electron chi connectivity index (χ4n) is 2.34. The van der Waals surface area contributed by atoms with Crippen LogP contribution >= 0.6 is 11.8 Å². The summed E-state index contributed by atoms with van der Waals surface area (Å²) in [7, 11) is 0. The topological polar surface area (TPSA) is 12.0 Å². The zero-order valence-electron chi connectivity index (χ0n) is 11.1. The Morgan fingerprint density at radius 3 is 2.75 bits per heavy atom. The number of hydrogen-bond donors (Lipinski definition) is 1. The van der Waals surface area contributed by atoms with Crippen LogP contribution in [0.4, 0.5) is 0 Å². The normalized spacial score (nSPS) is 24.7. The molecule has 1 N–H and O–H groups in total. The summed E-state index contributed by atoms with van der Waals surface area (Å²) in [4.78, 5) is 0. The van der Waals surface area contributed by atoms with Crippen LogP contribution in [0.15, 0.2) is 11.8 Å². The Balaban J connectivity index is 2.52. The van der Waals surface area contributed by atoms with Gasteiger partial charge in [-0.15, -0.1) is 11.8 Å². The van der Waals surface area contributed by atoms with Crippen LogP contribution in [0.25, 0.3) is 0 Å². The Bertz CT molecular complexity index is 213. The minimum absolute atomic E-state index is 0.737. The SMILES string of the molecule is CCCCC(/C=C1/NCS[C@H]1CC)CCC. The summed E-state index contributed by atoms with van der Waals surface area (Å²) >= 11 is 2.05. The molecular formula is C14H27NS. The molecule has 1 fully saturated rings. The second-order valence-corrected chi connectivity index (χ2v) is 5.89. The van der Waals surface area contributed by atoms with Crippen molar-refractivity contribution in [2.45, 2.75) is 64.5 Å². The molecular weight excluding hydrogens is 214 g/mol. The third-order valence-electron chi connectivity index (χ3n) is 3.28. The molecule has 1 aliphatic rings. The van der Waals surface area contributed by atoms with Gasteiger partial charge < -0.3 is 5.32 Å². The van der Waals surface area contributed by atoms with Gasteiger partial charge in [-0.3, -0.25) is 0 Å². The summed E-state index contributed by atoms with van der Waals surface area (Å²) in [5.74, 6) is 1.91. The van der Waals surface area contributed by atoms with Crippen LogP contribution < -0.4 is 5.32 Å². The first-order valence-electron chi connectivity index (χ1n) is 6.88. The Morgan fingerprint density at radius 1 is 1.31 bits per heavy atom. The van der Waals surface area contributed by atoms with Crippen molar-refractivity contribution >= 4 is 11.8 Å². The summed E-state index contributed by atoms with van der Waals surface area (Å²) in [6.07, 6.45) is 10.5. The lowest BCUT2D eigenvalue weighted by Gasteiger charge is -2.15. The molecule has 1 saturated heterocycles. The highest BCUT2D eigenvalue weighted by atomic mass is 32.2. The Hall–Kier alpha value is -0.110. The predicted molar refractivity (Wildman–Crippen MR) is 75.7 cm³/mol. The Labute approximate surface area is 105 Å². The van der Waals surface area contributed by atoms with Gasteiger partial charge >= 0.3 is 0 Å². The van der Waals surface area contributed by atoms with Gasteiger partial charge in [0.05, 0.1) is 5.88 Å². The second kappa shape index (κ2) is 8.05. The van der Waals surface area contributed by atoms with Gasteiger partial charge in [0.15, 0.2) is 0 Å². The number of hydrogen-bond acceptors (Lipinski definition) is 2. The van der Waals surface area contributed by atoms with E-state index in [1.165, 1.54) is 44.2 Å². The molecule has 0 aliphatic carbocycles. The van der Waals surface area contributed by atoms with Crippen LogP contribution in [-0.4, -0.2) is 11.1 Å². The molecule has 0 aromatic rings. The van der Waals surface area contributed by atoms with Crippen LogP contribution in [0.2, 0.25) is 0 Å². The number of thioether (sulfide) groups is 1. The van der Waals surface area contributed by atoms with E-state index in [4.69, 9.17) is 0 Å². The summed E-state index contributed by atoms with van der Waals surface area (Å²) in [6.45, 7) is 6.87. The summed E-state index contributed by atoms with van der Waals surface area (Å²) < 4.78 is 0. The molecule has 0 radical (unpaired) electrons. The summed E-state index contributed by atoms with van der Waals surface area (Å²) in [5.41, 5.74) is 1.52. The smallest absolute Gasteiger partial charge is 0.0614 e. The standard InChI is InChI=1S/C14H27NS/c1-4-7-9-12(8-5-2)10-13-14(6-3)16-11-15-13/h10,12,14-15H,4-9,11H2,1-3H3/b13-10+/t12?,14-/m0/s1. The lowest BCUT2D eigenvalue weighted by Crippen LogP contribution is -2.12. The van der Waals surface area contributed by atoms with Crippen LogP contribution in [0.1, 0.15) is 59.3 Å². The van der Waals surface area contributed by atoms with Crippen molar-refractivity contribution in [3.8, 4) is 0 Å². The fraction of sp³-hybridized carbons (Fsp3) is 0.857. The largest absolute Gasteiger partial charge is 0.379 e. The Kier molecular flexibility index (Phi) is 7.02. The van der Waals surface area contributed by atoms with E-state index >= 15 is 0 Å². The highest BCUT2D eigenvalue weighted by Gasteiger charge is 2.20. The van der Waals surface area contributed by atoms with E-state index in [1.54, 1.807) is 0 Å². The van der Waals surface area contributed by atoms with E-state index in [-0.39, 0.29) is 0 Å². The van der Waals surface area contributed by atoms with E-state index < -0.39 is 0 Å². The average Bonchev–Trinajstić information content (AvgIpc) is 2.73. The molecule has 0 spiro atoms. The first-order valence-corrected chi connectivity index (χ1v) is 7.93. The molecule has 2 heteroatoms. The van der Waals surface area contributed by atoms with E-state index in [0.717, 1.165) is 17.0 Å². The van der Waals surface area contributed by atoms with Gasteiger partial charge in [0.2, 0.25) is 0 Å². The molecule has 1 nitrogen and oxygen atoms in total. The molecule has 0 aromatic heterocycles. The molecule has 94 valence electrons. The van der Waals surface area contributed by atoms with Crippen molar-refractivity contribution in [2.75, 3.05) is 5.88 Å². The van der Waals surface area contributed by atoms with Crippen LogP contribution in [0.5, 0.6) is 0 Å². The van der Waals surface area contributed by atoms with Crippen LogP contribution in [0, 0.1) is 5.92 Å². The lowest BCUT2D eigenvalue weighted by atomic mass is 9.95. The molecule has 16 heavy (non-hydrogen) atoms. The zero-order chi connectivity index (χ0) is 11.8. The van der Waals surface area contributed by atoms with Gasteiger partial charge in [-0.2, -0.15) is 0 Å². The fourth-order valence-corrected chi connectivity index (χ4v) is 3.36. The molecule has 0 bridgehead atoms. The molecule has 0 amide bonds. The van der Waals surface area contributed by atoms with Crippen molar-refractivity contribution in [2.24, 2.45) is 5.92 Å². The van der Waals surface area contributed by atoms with Crippen molar-refractivity contribution in [3.05, 3.63) is 11.8 Å². The molecule has 2 atom stereocenters. The molecule has 1 unspecified atom stereocenters. The third-order valence-corrected chi connectivity index (χ3v) is 4.58. The Morgan fingerprint density at radius 2 is 2.12 bits per heavy atom. The van der Waals surface area contributed by atoms with Gasteiger partial charge in [0.1, 0.15) is 0 Å². The number of unbranched alkanes of at least 4 members (excludes halogenated alkanes) is 1. The minimum atomic E-state index is 0.737. The third kappa shape index (κ3) is 4.40. The number of allylic oxidation sites excluding steroid dienone is 1. The van der Waals surface area contributed by atoms with Crippen molar-refractivity contribution in [1.29, 1.82) is 0 Å². The highest BCUT2D eigenvalue weighted by Crippen LogP contribution is 2.29. The van der Waals surface area contributed by atoms with E-state index in [0.29, 0.717) is 0 Å². The predicted octanol–water partition coefficient (Wildman–Crippen LogP) is 4.55. The van der Waals surface area contributed by atoms with Crippen LogP contribution in [-0.2, 0) is 0 Å². The first-order chi connectivity index (χ1) is 7.81. The minimum Gasteiger partial charge on any atom is -0.379 e. The maximum absolute atomic E-state index is 3.55. The van der Waals surface area contributed by atoms with E-state index in [9.17, 15) is 0 Å². The molecule has 1 rings (SSSR count). The maximum Gasteiger partial charge on any atom is 0.0614 e. The van der Waals surface area contributed by atoms with Gasteiger partial charge in [0, 0.05) is 10.9 Å². The average molecular weight is 241 g/mol. The van der Waals surface area contributed by atoms with Gasteiger partial charge in [-0.1, -0.05) is 46.1 Å². The van der Waals surface area contributed by atoms with Crippen LogP contribution in [0.3, 0.4) is 0 Å². The van der Waals surface area contributed by atoms with E-state index in [2.05, 4.69) is 43.9 Å². The van der Waals surface area contributed by atoms with Gasteiger partial charge in [-0.05, 0) is 25.2 Å². The van der Waals surface area contributed by atoms with Crippen molar-refractivity contribution in [1.82, 2.24) is 5.32 Å². The van der Waals surface area contributed by atoms with Gasteiger partial charge in [-0.25, -0.2) is 0 Å². The molecule has 0 aromatic carbocycles. The van der Waals surface area contributed by atoms with Gasteiger partial charge in [0.25, 0.3) is 0 Å². The number of rotatable bonds is 7. The quantitative estimate of drug-likeness (QED) is 0.702. The maximum atomic E-state index is 3.55. The van der Waals surface area contributed by atoms with Crippen molar-refractivity contribution in [3.63, 3.8) is 0 Å². The monoisotopic (exact) mass is 241 g/mol. The molecule has 0 saturated carbocycles. The van der Waals surface area contributed by atoms with Crippen molar-refractivity contribution < 1.29 is 0 Å². The molecule has 1 heterocycles. The second-order valence-electron chi connectivity index (χ2n) is 4.70. The van der Waals surface area contributed by atoms with E-state index in [1.807, 2.05) is 0 Å². The lowest BCUT2D eigenvalue weighted by molar-refractivity contribution is 0.506. The first kappa shape index (κ1) is 14.0. The summed E-state index contributed by atoms with van der Waals surface area (Å²) in [6, 6.07) is 0. The summed E-state index contributed by atoms with van der Waals surface area (Å²) in [5, 5.41) is 4.28. The zero-order valence-corrected chi connectivity index (χ0v) is 11.9.